The molecule has 0 unspecified atom stereocenters. The number of hydrogen-bond donors (Lipinski definition) is 2. The summed E-state index contributed by atoms with van der Waals surface area (Å²) < 4.78 is 12.6. The van der Waals surface area contributed by atoms with Crippen molar-refractivity contribution in [2.45, 2.75) is 33.2 Å². The topological polar surface area (TPSA) is 97.7 Å². The number of likely N-dealkylation sites (tertiary alicyclic amines) is 1. The van der Waals surface area contributed by atoms with E-state index in [1.54, 1.807) is 16.8 Å². The molecule has 0 bridgehead atoms. The van der Waals surface area contributed by atoms with Crippen LogP contribution in [-0.2, 0) is 11.3 Å². The maximum Gasteiger partial charge on any atom is 0.251 e. The molecule has 9 heteroatoms. The first-order valence-electron chi connectivity index (χ1n) is 11.0. The summed E-state index contributed by atoms with van der Waals surface area (Å²) in [6.07, 6.45) is 4.06. The van der Waals surface area contributed by atoms with Crippen molar-refractivity contribution in [3.63, 3.8) is 0 Å². The van der Waals surface area contributed by atoms with E-state index in [-0.39, 0.29) is 11.8 Å². The van der Waals surface area contributed by atoms with Crippen molar-refractivity contribution in [2.75, 3.05) is 45.7 Å². The van der Waals surface area contributed by atoms with E-state index in [2.05, 4.69) is 27.6 Å². The molecule has 174 valence electrons. The molecule has 2 aromatic rings. The number of rotatable bonds is 9. The van der Waals surface area contributed by atoms with E-state index < -0.39 is 0 Å². The Labute approximate surface area is 189 Å². The molecule has 0 saturated carbocycles. The van der Waals surface area contributed by atoms with Crippen LogP contribution in [0, 0.1) is 12.8 Å². The van der Waals surface area contributed by atoms with E-state index in [4.69, 9.17) is 9.47 Å². The van der Waals surface area contributed by atoms with Crippen molar-refractivity contribution in [3.05, 3.63) is 35.7 Å². The molecular weight excluding hydrogens is 410 g/mol. The first kappa shape index (κ1) is 23.6. The minimum Gasteiger partial charge on any atom is -0.493 e. The van der Waals surface area contributed by atoms with Crippen molar-refractivity contribution in [1.82, 2.24) is 20.0 Å². The van der Waals surface area contributed by atoms with Crippen LogP contribution in [0.3, 0.4) is 0 Å². The maximum atomic E-state index is 12.7. The van der Waals surface area contributed by atoms with Crippen LogP contribution in [0.1, 0.15) is 35.8 Å². The molecule has 32 heavy (non-hydrogen) atoms. The Morgan fingerprint density at radius 1 is 1.19 bits per heavy atom. The summed E-state index contributed by atoms with van der Waals surface area (Å²) >= 11 is 0. The Kier molecular flexibility index (Phi) is 8.10. The van der Waals surface area contributed by atoms with Gasteiger partial charge >= 0.3 is 0 Å². The molecule has 2 N–H and O–H groups in total. The number of nitrogens with zero attached hydrogens (tertiary/aromatic N) is 3. The fourth-order valence-corrected chi connectivity index (χ4v) is 3.78. The molecule has 3 rings (SSSR count). The van der Waals surface area contributed by atoms with Gasteiger partial charge in [0.05, 0.1) is 38.7 Å². The zero-order valence-corrected chi connectivity index (χ0v) is 19.3. The van der Waals surface area contributed by atoms with Crippen molar-refractivity contribution in [1.29, 1.82) is 0 Å². The monoisotopic (exact) mass is 443 g/mol. The minimum atomic E-state index is -0.268. The highest BCUT2D eigenvalue weighted by atomic mass is 16.5. The summed E-state index contributed by atoms with van der Waals surface area (Å²) in [5, 5.41) is 10.1. The van der Waals surface area contributed by atoms with E-state index in [9.17, 15) is 9.59 Å². The lowest BCUT2D eigenvalue weighted by Gasteiger charge is -2.29. The third-order valence-electron chi connectivity index (χ3n) is 5.66. The SMILES string of the molecule is COc1cc(C(=O)NCCn2ccc(C)n2)cc(NC(=O)CN2CCC(C)CC2)c1OC. The predicted molar refractivity (Wildman–Crippen MR) is 122 cm³/mol. The largest absolute Gasteiger partial charge is 0.493 e. The molecule has 9 nitrogen and oxygen atoms in total. The highest BCUT2D eigenvalue weighted by molar-refractivity contribution is 5.99. The van der Waals surface area contributed by atoms with Gasteiger partial charge in [-0.25, -0.2) is 0 Å². The number of aromatic nitrogens is 2. The quantitative estimate of drug-likeness (QED) is 0.617. The Morgan fingerprint density at radius 3 is 2.56 bits per heavy atom. The number of amides is 2. The lowest BCUT2D eigenvalue weighted by molar-refractivity contribution is -0.117. The van der Waals surface area contributed by atoms with E-state index in [0.29, 0.717) is 48.3 Å². The van der Waals surface area contributed by atoms with Gasteiger partial charge in [-0.3, -0.25) is 19.2 Å². The summed E-state index contributed by atoms with van der Waals surface area (Å²) in [4.78, 5) is 27.6. The van der Waals surface area contributed by atoms with Gasteiger partial charge in [-0.2, -0.15) is 5.10 Å². The Morgan fingerprint density at radius 2 is 1.94 bits per heavy atom. The summed E-state index contributed by atoms with van der Waals surface area (Å²) in [5.74, 6) is 1.05. The third kappa shape index (κ3) is 6.23. The number of benzene rings is 1. The molecule has 2 amide bonds. The van der Waals surface area contributed by atoms with Crippen molar-refractivity contribution >= 4 is 17.5 Å². The van der Waals surface area contributed by atoms with Gasteiger partial charge in [0.2, 0.25) is 5.91 Å². The summed E-state index contributed by atoms with van der Waals surface area (Å²) in [5.41, 5.74) is 1.71. The van der Waals surface area contributed by atoms with E-state index in [1.165, 1.54) is 14.2 Å². The van der Waals surface area contributed by atoms with Crippen molar-refractivity contribution < 1.29 is 19.1 Å². The van der Waals surface area contributed by atoms with E-state index in [1.807, 2.05) is 19.2 Å². The zero-order valence-electron chi connectivity index (χ0n) is 19.3. The molecule has 1 saturated heterocycles. The Balaban J connectivity index is 1.67. The molecule has 0 aliphatic carbocycles. The van der Waals surface area contributed by atoms with Crippen LogP contribution >= 0.6 is 0 Å². The van der Waals surface area contributed by atoms with Gasteiger partial charge in [0.15, 0.2) is 11.5 Å². The number of hydrogen-bond acceptors (Lipinski definition) is 6. The predicted octanol–water partition coefficient (Wildman–Crippen LogP) is 2.31. The van der Waals surface area contributed by atoms with Crippen LogP contribution in [0.15, 0.2) is 24.4 Å². The van der Waals surface area contributed by atoms with Gasteiger partial charge < -0.3 is 20.1 Å². The Hall–Kier alpha value is -3.07. The van der Waals surface area contributed by atoms with Crippen molar-refractivity contribution in [3.8, 4) is 11.5 Å². The molecule has 0 radical (unpaired) electrons. The number of aryl methyl sites for hydroxylation is 1. The number of piperidine rings is 1. The number of ether oxygens (including phenoxy) is 2. The lowest BCUT2D eigenvalue weighted by atomic mass is 9.99. The van der Waals surface area contributed by atoms with Crippen LogP contribution < -0.4 is 20.1 Å². The van der Waals surface area contributed by atoms with Gasteiger partial charge in [0.25, 0.3) is 5.91 Å². The number of nitrogens with one attached hydrogen (secondary N) is 2. The number of methoxy groups -OCH3 is 2. The standard InChI is InChI=1S/C23H33N5O4/c1-16-5-9-27(10-6-16)15-21(29)25-19-13-18(14-20(31-3)22(19)32-4)23(30)24-8-12-28-11-7-17(2)26-28/h7,11,13-14,16H,5-6,8-10,12,15H2,1-4H3,(H,24,30)(H,25,29). The number of carbonyl (C=O) groups is 2. The summed E-state index contributed by atoms with van der Waals surface area (Å²) in [6.45, 7) is 7.26. The third-order valence-corrected chi connectivity index (χ3v) is 5.66. The van der Waals surface area contributed by atoms with Crippen molar-refractivity contribution in [2.24, 2.45) is 5.92 Å². The number of carbonyl (C=O) groups excluding carboxylic acids is 2. The van der Waals surface area contributed by atoms with Crippen LogP contribution in [0.2, 0.25) is 0 Å². The first-order chi connectivity index (χ1) is 15.4. The highest BCUT2D eigenvalue weighted by Gasteiger charge is 2.21. The molecule has 1 aliphatic heterocycles. The van der Waals surface area contributed by atoms with Crippen LogP contribution in [0.5, 0.6) is 11.5 Å². The normalized spacial score (nSPS) is 14.8. The average Bonchev–Trinajstić information content (AvgIpc) is 3.19. The fraction of sp³-hybridized carbons (Fsp3) is 0.522. The lowest BCUT2D eigenvalue weighted by Crippen LogP contribution is -2.38. The van der Waals surface area contributed by atoms with Gasteiger partial charge in [-0.05, 0) is 57.0 Å². The molecular formula is C23H33N5O4. The molecule has 2 heterocycles. The molecule has 1 fully saturated rings. The first-order valence-corrected chi connectivity index (χ1v) is 11.0. The number of anilines is 1. The highest BCUT2D eigenvalue weighted by Crippen LogP contribution is 2.36. The summed E-state index contributed by atoms with van der Waals surface area (Å²) in [6, 6.07) is 5.13. The molecule has 1 aromatic carbocycles. The van der Waals surface area contributed by atoms with Crippen LogP contribution in [0.4, 0.5) is 5.69 Å². The average molecular weight is 444 g/mol. The Bertz CT molecular complexity index is 934. The molecule has 1 aliphatic rings. The van der Waals surface area contributed by atoms with Crippen LogP contribution in [0.25, 0.3) is 0 Å². The maximum absolute atomic E-state index is 12.7. The zero-order chi connectivity index (χ0) is 23.1. The van der Waals surface area contributed by atoms with Gasteiger partial charge in [-0.1, -0.05) is 6.92 Å². The second-order valence-corrected chi connectivity index (χ2v) is 8.24. The summed E-state index contributed by atoms with van der Waals surface area (Å²) in [7, 11) is 3.01. The second-order valence-electron chi connectivity index (χ2n) is 8.24. The minimum absolute atomic E-state index is 0.147. The molecule has 1 aromatic heterocycles. The van der Waals surface area contributed by atoms with Gasteiger partial charge in [0, 0.05) is 18.3 Å². The smallest absolute Gasteiger partial charge is 0.251 e. The van der Waals surface area contributed by atoms with Gasteiger partial charge in [-0.15, -0.1) is 0 Å². The van der Waals surface area contributed by atoms with Crippen LogP contribution in [-0.4, -0.2) is 66.9 Å². The molecule has 0 atom stereocenters. The fourth-order valence-electron chi connectivity index (χ4n) is 3.78. The van der Waals surface area contributed by atoms with Gasteiger partial charge in [0.1, 0.15) is 0 Å². The molecule has 0 spiro atoms. The van der Waals surface area contributed by atoms with E-state index in [0.717, 1.165) is 31.6 Å². The second kappa shape index (κ2) is 11.0. The van der Waals surface area contributed by atoms with E-state index >= 15 is 0 Å².